The molecular weight excluding hydrogens is 630 g/mol. The number of halogens is 2. The minimum atomic E-state index is -3.13. The van der Waals surface area contributed by atoms with Gasteiger partial charge in [0.15, 0.2) is 0 Å². The highest BCUT2D eigenvalue weighted by Gasteiger charge is 2.34. The zero-order valence-corrected chi connectivity index (χ0v) is 27.3. The Morgan fingerprint density at radius 2 is 1.83 bits per heavy atom. The van der Waals surface area contributed by atoms with Gasteiger partial charge in [0.2, 0.25) is 0 Å². The second-order valence-corrected chi connectivity index (χ2v) is 14.7. The number of nitrogens with zero attached hydrogens (tertiary/aromatic N) is 5. The summed E-state index contributed by atoms with van der Waals surface area (Å²) in [6.07, 6.45) is 7.96. The van der Waals surface area contributed by atoms with Crippen molar-refractivity contribution in [2.45, 2.75) is 51.0 Å². The highest BCUT2D eigenvalue weighted by atomic mass is 32.2. The number of benzene rings is 1. The summed E-state index contributed by atoms with van der Waals surface area (Å²) in [5.41, 5.74) is 9.38. The SMILES string of the molecule is C[C@H]1CN(c2ccncc2Cc2ncc3ccc(-c4c(F)cc(COC5CCOCC5)cc4F)nn23)C[C@@H](N)[C@H]1OCCS(C)(=O)=O. The lowest BCUT2D eigenvalue weighted by Crippen LogP contribution is -2.57. The Bertz CT molecular complexity index is 1780. The van der Waals surface area contributed by atoms with Crippen molar-refractivity contribution in [3.8, 4) is 11.3 Å². The highest BCUT2D eigenvalue weighted by Crippen LogP contribution is 2.30. The van der Waals surface area contributed by atoms with Gasteiger partial charge in [0.05, 0.1) is 54.1 Å². The minimum absolute atomic E-state index is 0.0123. The van der Waals surface area contributed by atoms with Crippen molar-refractivity contribution in [2.75, 3.05) is 49.8 Å². The molecule has 1 aromatic carbocycles. The van der Waals surface area contributed by atoms with Crippen molar-refractivity contribution in [3.63, 3.8) is 0 Å². The molecule has 0 spiro atoms. The average Bonchev–Trinajstić information content (AvgIpc) is 3.43. The van der Waals surface area contributed by atoms with Gasteiger partial charge >= 0.3 is 0 Å². The van der Waals surface area contributed by atoms with E-state index in [9.17, 15) is 8.42 Å². The number of ether oxygens (including phenoxy) is 3. The molecule has 3 atom stereocenters. The molecule has 0 unspecified atom stereocenters. The number of hydrogen-bond acceptors (Lipinski definition) is 10. The van der Waals surface area contributed by atoms with Gasteiger partial charge in [-0.15, -0.1) is 0 Å². The fourth-order valence-corrected chi connectivity index (χ4v) is 6.76. The lowest BCUT2D eigenvalue weighted by atomic mass is 9.91. The normalized spacial score (nSPS) is 21.0. The van der Waals surface area contributed by atoms with E-state index in [1.807, 2.05) is 13.0 Å². The van der Waals surface area contributed by atoms with Gasteiger partial charge in [-0.2, -0.15) is 5.10 Å². The summed E-state index contributed by atoms with van der Waals surface area (Å²) in [6, 6.07) is 7.50. The standard InChI is InChI=1S/C33H40F2N6O5S/c1-21-18-40(19-28(36)33(21)45-11-12-47(2,42)43)30-5-8-37-16-23(30)15-31-38-17-24-3-4-29(39-41(24)31)32-26(34)13-22(14-27(32)35)20-46-25-6-9-44-10-7-25/h3-5,8,13-14,16-17,21,25,28,33H,6-7,9-12,15,18-20,36H2,1-2H3/t21-,28+,33-/m0/s1. The van der Waals surface area contributed by atoms with Gasteiger partial charge in [-0.05, 0) is 48.7 Å². The molecular formula is C33H40F2N6O5S. The van der Waals surface area contributed by atoms with Gasteiger partial charge < -0.3 is 24.8 Å². The number of anilines is 1. The van der Waals surface area contributed by atoms with Crippen LogP contribution in [0.3, 0.4) is 0 Å². The molecule has 0 aliphatic carbocycles. The first-order chi connectivity index (χ1) is 22.6. The molecule has 14 heteroatoms. The zero-order valence-electron chi connectivity index (χ0n) is 26.5. The minimum Gasteiger partial charge on any atom is -0.381 e. The summed E-state index contributed by atoms with van der Waals surface area (Å²) >= 11 is 0. The number of rotatable bonds is 11. The number of sulfone groups is 1. The second-order valence-electron chi connectivity index (χ2n) is 12.5. The molecule has 2 N–H and O–H groups in total. The molecule has 5 heterocycles. The molecule has 2 fully saturated rings. The quantitative estimate of drug-likeness (QED) is 0.253. The van der Waals surface area contributed by atoms with Crippen LogP contribution in [0.1, 0.15) is 36.7 Å². The highest BCUT2D eigenvalue weighted by molar-refractivity contribution is 7.90. The molecule has 2 aliphatic rings. The number of nitrogens with two attached hydrogens (primary N) is 1. The van der Waals surface area contributed by atoms with E-state index in [2.05, 4.69) is 20.0 Å². The Morgan fingerprint density at radius 1 is 1.06 bits per heavy atom. The molecule has 11 nitrogen and oxygen atoms in total. The monoisotopic (exact) mass is 670 g/mol. The molecule has 4 aromatic rings. The Kier molecular flexibility index (Phi) is 10.1. The predicted molar refractivity (Wildman–Crippen MR) is 173 cm³/mol. The van der Waals surface area contributed by atoms with Crippen LogP contribution in [0.5, 0.6) is 0 Å². The van der Waals surface area contributed by atoms with Crippen LogP contribution in [0.15, 0.2) is 48.9 Å². The first-order valence-corrected chi connectivity index (χ1v) is 17.9. The molecule has 6 rings (SSSR count). The summed E-state index contributed by atoms with van der Waals surface area (Å²) in [4.78, 5) is 11.1. The summed E-state index contributed by atoms with van der Waals surface area (Å²) in [6.45, 7) is 4.65. The third-order valence-corrected chi connectivity index (χ3v) is 9.63. The van der Waals surface area contributed by atoms with Gasteiger partial charge in [-0.1, -0.05) is 6.92 Å². The van der Waals surface area contributed by atoms with Crippen molar-refractivity contribution >= 4 is 21.0 Å². The average molecular weight is 671 g/mol. The fraction of sp³-hybridized carbons (Fsp3) is 0.485. The Morgan fingerprint density at radius 3 is 2.55 bits per heavy atom. The maximum Gasteiger partial charge on any atom is 0.149 e. The Labute approximate surface area is 273 Å². The molecule has 3 aromatic heterocycles. The zero-order chi connectivity index (χ0) is 33.1. The van der Waals surface area contributed by atoms with Crippen LogP contribution in [0, 0.1) is 17.6 Å². The predicted octanol–water partition coefficient (Wildman–Crippen LogP) is 3.57. The van der Waals surface area contributed by atoms with Crippen LogP contribution in [0.2, 0.25) is 0 Å². The van der Waals surface area contributed by atoms with Crippen LogP contribution in [0.25, 0.3) is 16.8 Å². The van der Waals surface area contributed by atoms with E-state index in [1.54, 1.807) is 35.2 Å². The third-order valence-electron chi connectivity index (χ3n) is 8.72. The van der Waals surface area contributed by atoms with Crippen LogP contribution in [-0.4, -0.2) is 91.2 Å². The first-order valence-electron chi connectivity index (χ1n) is 15.8. The molecule has 252 valence electrons. The van der Waals surface area contributed by atoms with Crippen LogP contribution >= 0.6 is 0 Å². The number of aromatic nitrogens is 4. The summed E-state index contributed by atoms with van der Waals surface area (Å²) < 4.78 is 72.5. The van der Waals surface area contributed by atoms with Crippen molar-refractivity contribution in [3.05, 3.63) is 77.5 Å². The summed E-state index contributed by atoms with van der Waals surface area (Å²) in [7, 11) is -3.13. The van der Waals surface area contributed by atoms with Gasteiger partial charge in [-0.25, -0.2) is 26.7 Å². The van der Waals surface area contributed by atoms with Crippen LogP contribution in [-0.2, 0) is 37.1 Å². The number of pyridine rings is 1. The van der Waals surface area contributed by atoms with E-state index in [-0.39, 0.29) is 54.4 Å². The van der Waals surface area contributed by atoms with E-state index < -0.39 is 21.5 Å². The van der Waals surface area contributed by atoms with Gasteiger partial charge in [-0.3, -0.25) is 4.98 Å². The number of imidazole rings is 1. The van der Waals surface area contributed by atoms with Gasteiger partial charge in [0.25, 0.3) is 0 Å². The van der Waals surface area contributed by atoms with Crippen molar-refractivity contribution < 1.29 is 31.4 Å². The molecule has 47 heavy (non-hydrogen) atoms. The summed E-state index contributed by atoms with van der Waals surface area (Å²) in [5, 5.41) is 4.61. The largest absolute Gasteiger partial charge is 0.381 e. The molecule has 0 saturated carbocycles. The maximum atomic E-state index is 15.4. The lowest BCUT2D eigenvalue weighted by molar-refractivity contribution is -0.0391. The first kappa shape index (κ1) is 33.3. The number of piperidine rings is 1. The van der Waals surface area contributed by atoms with E-state index >= 15 is 8.78 Å². The second kappa shape index (κ2) is 14.3. The van der Waals surface area contributed by atoms with E-state index in [0.29, 0.717) is 49.6 Å². The number of fused-ring (bicyclic) bond motifs is 1. The van der Waals surface area contributed by atoms with Crippen LogP contribution in [0.4, 0.5) is 14.5 Å². The Hall–Kier alpha value is -3.56. The lowest BCUT2D eigenvalue weighted by Gasteiger charge is -2.42. The van der Waals surface area contributed by atoms with Crippen molar-refractivity contribution in [2.24, 2.45) is 11.7 Å². The van der Waals surface area contributed by atoms with Crippen LogP contribution < -0.4 is 10.6 Å². The van der Waals surface area contributed by atoms with Gasteiger partial charge in [0.1, 0.15) is 27.3 Å². The Balaban J connectivity index is 1.19. The molecule has 2 aliphatic heterocycles. The topological polar surface area (TPSA) is 134 Å². The molecule has 0 radical (unpaired) electrons. The molecule has 2 saturated heterocycles. The van der Waals surface area contributed by atoms with E-state index in [4.69, 9.17) is 19.9 Å². The molecule has 0 amide bonds. The third kappa shape index (κ3) is 7.95. The van der Waals surface area contributed by atoms with Gasteiger partial charge in [0, 0.05) is 74.6 Å². The number of hydrogen-bond donors (Lipinski definition) is 1. The molecule has 0 bridgehead atoms. The summed E-state index contributed by atoms with van der Waals surface area (Å²) in [5.74, 6) is -0.859. The maximum absolute atomic E-state index is 15.4. The smallest absolute Gasteiger partial charge is 0.149 e. The van der Waals surface area contributed by atoms with Crippen molar-refractivity contribution in [1.29, 1.82) is 0 Å². The van der Waals surface area contributed by atoms with Crippen molar-refractivity contribution in [1.82, 2.24) is 19.6 Å². The van der Waals surface area contributed by atoms with E-state index in [0.717, 1.165) is 24.1 Å². The fourth-order valence-electron chi connectivity index (χ4n) is 6.36. The van der Waals surface area contributed by atoms with E-state index in [1.165, 1.54) is 18.4 Å².